The molecule has 70 valence electrons. The van der Waals surface area contributed by atoms with E-state index in [-0.39, 0.29) is 68.7 Å². The second-order valence-electron chi connectivity index (χ2n) is 2.62. The molecule has 15 heavy (non-hydrogen) atoms. The van der Waals surface area contributed by atoms with Gasteiger partial charge in [-0.1, -0.05) is 0 Å². The maximum atomic E-state index is 10.5. The van der Waals surface area contributed by atoms with Gasteiger partial charge in [-0.2, -0.15) is 4.98 Å². The van der Waals surface area contributed by atoms with Crippen LogP contribution in [0.5, 0.6) is 0 Å². The minimum absolute atomic E-state index is 0. The van der Waals surface area contributed by atoms with Gasteiger partial charge in [0.15, 0.2) is 5.65 Å². The van der Waals surface area contributed by atoms with Gasteiger partial charge in [-0.25, -0.2) is 9.97 Å². The van der Waals surface area contributed by atoms with E-state index in [9.17, 15) is 9.90 Å². The molecule has 0 aliphatic carbocycles. The number of pyridine rings is 1. The fourth-order valence-corrected chi connectivity index (χ4v) is 1.04. The van der Waals surface area contributed by atoms with Gasteiger partial charge in [-0.15, -0.1) is 0 Å². The number of hydrogen-bond donors (Lipinski definition) is 1. The number of carboxylic acids is 1. The van der Waals surface area contributed by atoms with Crippen molar-refractivity contribution >= 4 is 23.0 Å². The van der Waals surface area contributed by atoms with Gasteiger partial charge in [0.25, 0.3) is 0 Å². The smallest absolute Gasteiger partial charge is 0.543 e. The van der Waals surface area contributed by atoms with E-state index in [1.54, 1.807) is 6.07 Å². The Labute approximate surface area is 127 Å². The summed E-state index contributed by atoms with van der Waals surface area (Å²) in [6.45, 7) is 0. The van der Waals surface area contributed by atoms with Gasteiger partial charge in [0, 0.05) is 11.6 Å². The van der Waals surface area contributed by atoms with Crippen molar-refractivity contribution in [2.75, 3.05) is 5.73 Å². The number of carbonyl (C=O) groups is 1. The summed E-state index contributed by atoms with van der Waals surface area (Å²) < 4.78 is 0. The van der Waals surface area contributed by atoms with Gasteiger partial charge in [0.05, 0.1) is 11.7 Å². The normalized spacial score (nSPS) is 9.60. The number of nitrogen functional groups attached to an aromatic ring is 1. The summed E-state index contributed by atoms with van der Waals surface area (Å²) in [6.07, 6.45) is 1.48. The first kappa shape index (κ1) is 12.5. The van der Waals surface area contributed by atoms with Crippen molar-refractivity contribution < 1.29 is 61.3 Å². The second-order valence-corrected chi connectivity index (χ2v) is 2.62. The summed E-state index contributed by atoms with van der Waals surface area (Å²) in [5.41, 5.74) is 5.40. The molecule has 7 heteroatoms. The third-order valence-electron chi connectivity index (χ3n) is 1.67. The van der Waals surface area contributed by atoms with Crippen LogP contribution < -0.4 is 62.2 Å². The predicted molar refractivity (Wildman–Crippen MR) is 46.1 cm³/mol. The maximum Gasteiger partial charge on any atom is 1.00 e. The summed E-state index contributed by atoms with van der Waals surface area (Å²) >= 11 is 0. The van der Waals surface area contributed by atoms with E-state index >= 15 is 0 Å². The first-order chi connectivity index (χ1) is 6.66. The number of nitrogens with zero attached hydrogens (tertiary/aromatic N) is 3. The Bertz CT molecular complexity index is 517. The Morgan fingerprint density at radius 3 is 2.73 bits per heavy atom. The SMILES string of the molecule is Nc1ncc2ccc(C(=O)[O-])nc2n1.[K+]. The van der Waals surface area contributed by atoms with Crippen molar-refractivity contribution in [2.45, 2.75) is 0 Å². The standard InChI is InChI=1S/C8H6N4O2.K/c9-8-10-3-4-1-2-5(7(13)14)11-6(4)12-8;/h1-3H,(H,13,14)(H2,9,10,11,12);/q;+1/p-1. The van der Waals surface area contributed by atoms with Crippen LogP contribution >= 0.6 is 0 Å². The van der Waals surface area contributed by atoms with E-state index in [0.29, 0.717) is 5.39 Å². The molecule has 0 saturated heterocycles. The molecule has 0 saturated carbocycles. The molecular weight excluding hydrogens is 223 g/mol. The molecule has 6 nitrogen and oxygen atoms in total. The molecule has 0 spiro atoms. The minimum Gasteiger partial charge on any atom is -0.543 e. The largest absolute Gasteiger partial charge is 1.00 e. The van der Waals surface area contributed by atoms with Gasteiger partial charge in [-0.05, 0) is 12.1 Å². The zero-order valence-electron chi connectivity index (χ0n) is 7.97. The molecule has 2 heterocycles. The molecule has 2 aromatic heterocycles. The topological polar surface area (TPSA) is 105 Å². The third-order valence-corrected chi connectivity index (χ3v) is 1.67. The molecule has 2 rings (SSSR count). The first-order valence-corrected chi connectivity index (χ1v) is 3.77. The number of nitrogens with two attached hydrogens (primary N) is 1. The molecule has 0 aliphatic heterocycles. The summed E-state index contributed by atoms with van der Waals surface area (Å²) in [6, 6.07) is 2.88. The van der Waals surface area contributed by atoms with Crippen LogP contribution in [0.2, 0.25) is 0 Å². The van der Waals surface area contributed by atoms with E-state index in [4.69, 9.17) is 5.73 Å². The van der Waals surface area contributed by atoms with Gasteiger partial charge in [-0.3, -0.25) is 0 Å². The van der Waals surface area contributed by atoms with Crippen molar-refractivity contribution in [1.29, 1.82) is 0 Å². The number of rotatable bonds is 1. The van der Waals surface area contributed by atoms with E-state index in [2.05, 4.69) is 15.0 Å². The molecule has 0 aromatic carbocycles. The van der Waals surface area contributed by atoms with E-state index < -0.39 is 5.97 Å². The summed E-state index contributed by atoms with van der Waals surface area (Å²) in [5, 5.41) is 11.1. The van der Waals surface area contributed by atoms with Crippen molar-refractivity contribution in [3.63, 3.8) is 0 Å². The number of carbonyl (C=O) groups excluding carboxylic acids is 1. The Hall–Kier alpha value is -0.604. The maximum absolute atomic E-state index is 10.5. The number of carboxylic acid groups (broad SMARTS) is 1. The molecule has 0 radical (unpaired) electrons. The minimum atomic E-state index is -1.34. The average Bonchev–Trinajstić information content (AvgIpc) is 2.16. The predicted octanol–water partition coefficient (Wildman–Crippen LogP) is -4.03. The van der Waals surface area contributed by atoms with Gasteiger partial charge in [0.1, 0.15) is 0 Å². The fourth-order valence-electron chi connectivity index (χ4n) is 1.04. The van der Waals surface area contributed by atoms with Gasteiger partial charge >= 0.3 is 51.4 Å². The van der Waals surface area contributed by atoms with Crippen LogP contribution in [-0.2, 0) is 0 Å². The quantitative estimate of drug-likeness (QED) is 0.498. The van der Waals surface area contributed by atoms with E-state index in [1.165, 1.54) is 12.3 Å². The van der Waals surface area contributed by atoms with Crippen LogP contribution in [0.25, 0.3) is 11.0 Å². The van der Waals surface area contributed by atoms with Crippen LogP contribution in [-0.4, -0.2) is 20.9 Å². The van der Waals surface area contributed by atoms with Crippen molar-refractivity contribution in [3.05, 3.63) is 24.0 Å². The molecule has 0 amide bonds. The third kappa shape index (κ3) is 2.70. The summed E-state index contributed by atoms with van der Waals surface area (Å²) in [5.74, 6) is -1.29. The number of aromatic nitrogens is 3. The average molecular weight is 228 g/mol. The summed E-state index contributed by atoms with van der Waals surface area (Å²) in [4.78, 5) is 21.8. The fraction of sp³-hybridized carbons (Fsp3) is 0. The zero-order valence-corrected chi connectivity index (χ0v) is 11.1. The Balaban J connectivity index is 0.00000112. The monoisotopic (exact) mass is 228 g/mol. The van der Waals surface area contributed by atoms with Crippen LogP contribution in [0.3, 0.4) is 0 Å². The molecule has 0 unspecified atom stereocenters. The number of aromatic carboxylic acids is 1. The van der Waals surface area contributed by atoms with Gasteiger partial charge < -0.3 is 15.6 Å². The Morgan fingerprint density at radius 1 is 1.33 bits per heavy atom. The molecule has 2 N–H and O–H groups in total. The Morgan fingerprint density at radius 2 is 2.07 bits per heavy atom. The van der Waals surface area contributed by atoms with Crippen LogP contribution in [0.4, 0.5) is 5.95 Å². The Kier molecular flexibility index (Phi) is 4.11. The first-order valence-electron chi connectivity index (χ1n) is 3.77. The zero-order chi connectivity index (χ0) is 10.1. The second kappa shape index (κ2) is 4.95. The molecule has 0 aliphatic rings. The molecule has 0 bridgehead atoms. The van der Waals surface area contributed by atoms with Gasteiger partial charge in [0.2, 0.25) is 5.95 Å². The number of anilines is 1. The molecular formula is C8H5KN4O2. The van der Waals surface area contributed by atoms with Crippen LogP contribution in [0.15, 0.2) is 18.3 Å². The van der Waals surface area contributed by atoms with E-state index in [1.807, 2.05) is 0 Å². The van der Waals surface area contributed by atoms with Crippen molar-refractivity contribution in [3.8, 4) is 0 Å². The summed E-state index contributed by atoms with van der Waals surface area (Å²) in [7, 11) is 0. The van der Waals surface area contributed by atoms with E-state index in [0.717, 1.165) is 0 Å². The van der Waals surface area contributed by atoms with Crippen LogP contribution in [0, 0.1) is 0 Å². The molecule has 0 fully saturated rings. The number of fused-ring (bicyclic) bond motifs is 1. The molecule has 0 atom stereocenters. The van der Waals surface area contributed by atoms with Crippen molar-refractivity contribution in [1.82, 2.24) is 15.0 Å². The number of hydrogen-bond acceptors (Lipinski definition) is 6. The molecule has 2 aromatic rings. The van der Waals surface area contributed by atoms with Crippen LogP contribution in [0.1, 0.15) is 10.5 Å². The van der Waals surface area contributed by atoms with Crippen molar-refractivity contribution in [2.24, 2.45) is 0 Å².